The highest BCUT2D eigenvalue weighted by molar-refractivity contribution is 7.99. The number of carbonyl (C=O) groups is 1. The van der Waals surface area contributed by atoms with Gasteiger partial charge in [0.2, 0.25) is 0 Å². The Morgan fingerprint density at radius 3 is 2.75 bits per heavy atom. The van der Waals surface area contributed by atoms with E-state index in [1.165, 1.54) is 28.9 Å². The van der Waals surface area contributed by atoms with Crippen LogP contribution < -0.4 is 4.74 Å². The predicted molar refractivity (Wildman–Crippen MR) is 114 cm³/mol. The van der Waals surface area contributed by atoms with Gasteiger partial charge in [0.15, 0.2) is 6.61 Å². The van der Waals surface area contributed by atoms with Gasteiger partial charge in [0, 0.05) is 24.2 Å². The van der Waals surface area contributed by atoms with Gasteiger partial charge in [-0.25, -0.2) is 0 Å². The first-order valence-corrected chi connectivity index (χ1v) is 11.1. The molecule has 4 nitrogen and oxygen atoms in total. The zero-order valence-electron chi connectivity index (χ0n) is 16.5. The molecule has 0 aromatic heterocycles. The van der Waals surface area contributed by atoms with Gasteiger partial charge in [-0.05, 0) is 55.6 Å². The summed E-state index contributed by atoms with van der Waals surface area (Å²) in [6, 6.07) is 16.6. The number of likely N-dealkylation sites (tertiary alicyclic amines) is 1. The molecule has 0 bridgehead atoms. The second-order valence-electron chi connectivity index (χ2n) is 7.60. The van der Waals surface area contributed by atoms with Crippen LogP contribution in [0.15, 0.2) is 53.4 Å². The van der Waals surface area contributed by atoms with Gasteiger partial charge >= 0.3 is 0 Å². The third kappa shape index (κ3) is 4.53. The minimum absolute atomic E-state index is 0.0150. The summed E-state index contributed by atoms with van der Waals surface area (Å²) in [5.74, 6) is 1.93. The Hall–Kier alpha value is -1.98. The lowest BCUT2D eigenvalue weighted by molar-refractivity contribution is -0.134. The van der Waals surface area contributed by atoms with Crippen LogP contribution in [0.4, 0.5) is 0 Å². The van der Waals surface area contributed by atoms with Crippen LogP contribution in [0.25, 0.3) is 0 Å². The zero-order chi connectivity index (χ0) is 19.3. The topological polar surface area (TPSA) is 32.8 Å². The molecule has 1 amide bonds. The zero-order valence-corrected chi connectivity index (χ0v) is 17.3. The fraction of sp³-hybridized carbons (Fsp3) is 0.435. The van der Waals surface area contributed by atoms with Crippen molar-refractivity contribution in [2.75, 3.05) is 39.0 Å². The van der Waals surface area contributed by atoms with E-state index in [1.54, 1.807) is 0 Å². The molecule has 0 radical (unpaired) electrons. The Kier molecular flexibility index (Phi) is 6.23. The molecule has 1 saturated heterocycles. The number of hydrogen-bond acceptors (Lipinski definition) is 4. The number of benzene rings is 2. The molecule has 0 spiro atoms. The van der Waals surface area contributed by atoms with E-state index in [2.05, 4.69) is 29.2 Å². The standard InChI is InChI=1S/C23H28N2O2S/c1-24(21(16-25-12-5-6-13-25)18-7-3-2-4-8-18)23(26)17-27-20-10-9-19-11-14-28-22(19)15-20/h2-4,7-10,15,21H,5-6,11-14,16-17H2,1H3/t21-/m1/s1. The highest BCUT2D eigenvalue weighted by Crippen LogP contribution is 2.34. The van der Waals surface area contributed by atoms with Crippen molar-refractivity contribution in [1.82, 2.24) is 9.80 Å². The quantitative estimate of drug-likeness (QED) is 0.708. The Morgan fingerprint density at radius 1 is 1.18 bits per heavy atom. The van der Waals surface area contributed by atoms with E-state index in [1.807, 2.05) is 48.0 Å². The van der Waals surface area contributed by atoms with Crippen molar-refractivity contribution in [2.24, 2.45) is 0 Å². The van der Waals surface area contributed by atoms with Crippen LogP contribution in [0.3, 0.4) is 0 Å². The van der Waals surface area contributed by atoms with Crippen molar-refractivity contribution in [3.63, 3.8) is 0 Å². The molecule has 148 valence electrons. The number of rotatable bonds is 7. The van der Waals surface area contributed by atoms with Crippen LogP contribution >= 0.6 is 11.8 Å². The van der Waals surface area contributed by atoms with Crippen molar-refractivity contribution < 1.29 is 9.53 Å². The third-order valence-corrected chi connectivity index (χ3v) is 6.80. The minimum atomic E-state index is 0.0150. The van der Waals surface area contributed by atoms with Gasteiger partial charge in [-0.15, -0.1) is 11.8 Å². The summed E-state index contributed by atoms with van der Waals surface area (Å²) in [6.45, 7) is 3.19. The van der Waals surface area contributed by atoms with E-state index < -0.39 is 0 Å². The maximum absolute atomic E-state index is 12.9. The molecule has 0 saturated carbocycles. The lowest BCUT2D eigenvalue weighted by Gasteiger charge is -2.32. The summed E-state index contributed by atoms with van der Waals surface area (Å²) in [5, 5.41) is 0. The number of likely N-dealkylation sites (N-methyl/N-ethyl adjacent to an activating group) is 1. The number of thioether (sulfide) groups is 1. The summed E-state index contributed by atoms with van der Waals surface area (Å²) in [4.78, 5) is 18.5. The molecule has 2 aliphatic rings. The smallest absolute Gasteiger partial charge is 0.260 e. The van der Waals surface area contributed by atoms with E-state index in [0.717, 1.165) is 37.6 Å². The Bertz CT molecular complexity index is 806. The SMILES string of the molecule is CN(C(=O)COc1ccc2c(c1)SCC2)[C@H](CN1CCCC1)c1ccccc1. The molecule has 1 fully saturated rings. The number of ether oxygens (including phenoxy) is 1. The molecule has 2 aliphatic heterocycles. The summed E-state index contributed by atoms with van der Waals surface area (Å²) in [7, 11) is 1.90. The van der Waals surface area contributed by atoms with Crippen LogP contribution in [0.2, 0.25) is 0 Å². The van der Waals surface area contributed by atoms with Crippen LogP contribution in [-0.4, -0.2) is 54.7 Å². The molecule has 28 heavy (non-hydrogen) atoms. The molecule has 0 unspecified atom stereocenters. The number of fused-ring (bicyclic) bond motifs is 1. The number of amides is 1. The fourth-order valence-electron chi connectivity index (χ4n) is 3.99. The van der Waals surface area contributed by atoms with Gasteiger partial charge in [-0.2, -0.15) is 0 Å². The first-order chi connectivity index (χ1) is 13.7. The van der Waals surface area contributed by atoms with Gasteiger partial charge in [-0.3, -0.25) is 4.79 Å². The number of hydrogen-bond donors (Lipinski definition) is 0. The van der Waals surface area contributed by atoms with Crippen molar-refractivity contribution in [3.05, 3.63) is 59.7 Å². The minimum Gasteiger partial charge on any atom is -0.484 e. The molecule has 2 aromatic rings. The Labute approximate surface area is 171 Å². The highest BCUT2D eigenvalue weighted by atomic mass is 32.2. The Morgan fingerprint density at radius 2 is 1.96 bits per heavy atom. The van der Waals surface area contributed by atoms with Gasteiger partial charge in [0.05, 0.1) is 6.04 Å². The molecule has 0 N–H and O–H groups in total. The van der Waals surface area contributed by atoms with Crippen molar-refractivity contribution in [2.45, 2.75) is 30.2 Å². The molecule has 0 aliphatic carbocycles. The molecular weight excluding hydrogens is 368 g/mol. The lowest BCUT2D eigenvalue weighted by atomic mass is 10.0. The maximum atomic E-state index is 12.9. The van der Waals surface area contributed by atoms with E-state index in [4.69, 9.17) is 4.74 Å². The fourth-order valence-corrected chi connectivity index (χ4v) is 5.09. The van der Waals surface area contributed by atoms with Crippen molar-refractivity contribution >= 4 is 17.7 Å². The number of carbonyl (C=O) groups excluding carboxylic acids is 1. The molecule has 4 rings (SSSR count). The van der Waals surface area contributed by atoms with Crippen LogP contribution in [0, 0.1) is 0 Å². The van der Waals surface area contributed by atoms with Crippen molar-refractivity contribution in [3.8, 4) is 5.75 Å². The first-order valence-electron chi connectivity index (χ1n) is 10.1. The van der Waals surface area contributed by atoms with E-state index in [0.29, 0.717) is 0 Å². The van der Waals surface area contributed by atoms with Gasteiger partial charge < -0.3 is 14.5 Å². The number of aryl methyl sites for hydroxylation is 1. The largest absolute Gasteiger partial charge is 0.484 e. The third-order valence-electron chi connectivity index (χ3n) is 5.70. The summed E-state index contributed by atoms with van der Waals surface area (Å²) < 4.78 is 5.85. The second kappa shape index (κ2) is 9.01. The summed E-state index contributed by atoms with van der Waals surface area (Å²) >= 11 is 1.86. The summed E-state index contributed by atoms with van der Waals surface area (Å²) in [6.07, 6.45) is 3.62. The van der Waals surface area contributed by atoms with E-state index >= 15 is 0 Å². The monoisotopic (exact) mass is 396 g/mol. The van der Waals surface area contributed by atoms with E-state index in [-0.39, 0.29) is 18.6 Å². The van der Waals surface area contributed by atoms with Crippen molar-refractivity contribution in [1.29, 1.82) is 0 Å². The molecular formula is C23H28N2O2S. The predicted octanol–water partition coefficient (Wildman–Crippen LogP) is 4.01. The van der Waals surface area contributed by atoms with Crippen LogP contribution in [-0.2, 0) is 11.2 Å². The second-order valence-corrected chi connectivity index (χ2v) is 8.73. The molecule has 2 heterocycles. The van der Waals surface area contributed by atoms with Gasteiger partial charge in [-0.1, -0.05) is 36.4 Å². The molecule has 1 atom stereocenters. The van der Waals surface area contributed by atoms with Gasteiger partial charge in [0.25, 0.3) is 5.91 Å². The average Bonchev–Trinajstić information content (AvgIpc) is 3.41. The molecule has 5 heteroatoms. The van der Waals surface area contributed by atoms with Crippen LogP contribution in [0.1, 0.15) is 30.0 Å². The normalized spacial score (nSPS) is 17.3. The summed E-state index contributed by atoms with van der Waals surface area (Å²) in [5.41, 5.74) is 2.56. The number of nitrogens with zero attached hydrogens (tertiary/aromatic N) is 2. The van der Waals surface area contributed by atoms with E-state index in [9.17, 15) is 4.79 Å². The first kappa shape index (κ1) is 19.3. The average molecular weight is 397 g/mol. The van der Waals surface area contributed by atoms with Crippen LogP contribution in [0.5, 0.6) is 5.75 Å². The highest BCUT2D eigenvalue weighted by Gasteiger charge is 2.26. The maximum Gasteiger partial charge on any atom is 0.260 e. The lowest BCUT2D eigenvalue weighted by Crippen LogP contribution is -2.40. The van der Waals surface area contributed by atoms with Gasteiger partial charge in [0.1, 0.15) is 5.75 Å². The molecule has 2 aromatic carbocycles. The Balaban J connectivity index is 1.41.